The second-order valence-electron chi connectivity index (χ2n) is 3.25. The van der Waals surface area contributed by atoms with Crippen molar-refractivity contribution in [2.45, 2.75) is 11.8 Å². The molecule has 0 fully saturated rings. The number of hydrogen-bond donors (Lipinski definition) is 1. The number of sulfonamides is 1. The summed E-state index contributed by atoms with van der Waals surface area (Å²) in [6.07, 6.45) is 0. The topological polar surface area (TPSA) is 95.7 Å². The number of hydrogen-bond acceptors (Lipinski definition) is 5. The minimum absolute atomic E-state index is 0.00609. The highest BCUT2D eigenvalue weighted by atomic mass is 79.9. The lowest BCUT2D eigenvalue weighted by molar-refractivity contribution is 0.0522. The van der Waals surface area contributed by atoms with Crippen molar-refractivity contribution in [1.29, 1.82) is 0 Å². The van der Waals surface area contributed by atoms with E-state index in [-0.39, 0.29) is 27.3 Å². The minimum atomic E-state index is -3.94. The van der Waals surface area contributed by atoms with E-state index in [0.717, 1.165) is 6.07 Å². The predicted octanol–water partition coefficient (Wildman–Crippen LogP) is 1.28. The third-order valence-corrected chi connectivity index (χ3v) is 3.93. The molecule has 1 aromatic rings. The number of nitrogens with two attached hydrogens (primary N) is 1. The Hall–Kier alpha value is -1.12. The van der Waals surface area contributed by atoms with Crippen molar-refractivity contribution in [3.05, 3.63) is 22.2 Å². The third-order valence-electron chi connectivity index (χ3n) is 2.06. The smallest absolute Gasteiger partial charge is 0.341 e. The summed E-state index contributed by atoms with van der Waals surface area (Å²) in [5.74, 6) is -0.473. The first-order valence-corrected chi connectivity index (χ1v) is 7.22. The van der Waals surface area contributed by atoms with Gasteiger partial charge in [-0.2, -0.15) is 0 Å². The average molecular weight is 338 g/mol. The van der Waals surface area contributed by atoms with E-state index in [1.165, 1.54) is 13.2 Å². The molecule has 0 bridgehead atoms. The van der Waals surface area contributed by atoms with Crippen molar-refractivity contribution in [1.82, 2.24) is 0 Å². The fourth-order valence-corrected chi connectivity index (χ4v) is 2.90. The van der Waals surface area contributed by atoms with Gasteiger partial charge in [-0.15, -0.1) is 0 Å². The summed E-state index contributed by atoms with van der Waals surface area (Å²) in [5.41, 5.74) is 0.00609. The number of primary sulfonamides is 1. The largest absolute Gasteiger partial charge is 0.496 e. The molecule has 0 radical (unpaired) electrons. The molecule has 1 rings (SSSR count). The first-order valence-electron chi connectivity index (χ1n) is 4.88. The Labute approximate surface area is 113 Å². The Balaban J connectivity index is 3.45. The van der Waals surface area contributed by atoms with Crippen LogP contribution in [-0.4, -0.2) is 28.1 Å². The first-order chi connectivity index (χ1) is 8.31. The lowest BCUT2D eigenvalue weighted by atomic mass is 10.2. The molecule has 0 spiro atoms. The number of carbonyl (C=O) groups excluding carboxylic acids is 1. The number of carbonyl (C=O) groups is 1. The van der Waals surface area contributed by atoms with Crippen LogP contribution in [0.4, 0.5) is 0 Å². The van der Waals surface area contributed by atoms with Gasteiger partial charge in [0, 0.05) is 4.47 Å². The van der Waals surface area contributed by atoms with Crippen LogP contribution >= 0.6 is 15.9 Å². The molecule has 0 atom stereocenters. The van der Waals surface area contributed by atoms with Crippen LogP contribution in [0.15, 0.2) is 21.5 Å². The van der Waals surface area contributed by atoms with Gasteiger partial charge in [0.05, 0.1) is 18.6 Å². The van der Waals surface area contributed by atoms with Gasteiger partial charge in [-0.3, -0.25) is 0 Å². The molecule has 0 saturated heterocycles. The fourth-order valence-electron chi connectivity index (χ4n) is 1.29. The molecule has 18 heavy (non-hydrogen) atoms. The van der Waals surface area contributed by atoms with Crippen molar-refractivity contribution < 1.29 is 22.7 Å². The molecule has 0 amide bonds. The molecule has 2 N–H and O–H groups in total. The molecule has 0 aromatic heterocycles. The Morgan fingerprint density at radius 2 is 2.06 bits per heavy atom. The van der Waals surface area contributed by atoms with Gasteiger partial charge >= 0.3 is 5.97 Å². The molecule has 0 heterocycles. The third kappa shape index (κ3) is 3.21. The van der Waals surface area contributed by atoms with Crippen molar-refractivity contribution in [3.8, 4) is 5.75 Å². The van der Waals surface area contributed by atoms with E-state index in [1.54, 1.807) is 6.92 Å². The molecular weight excluding hydrogens is 326 g/mol. The van der Waals surface area contributed by atoms with Crippen LogP contribution in [0, 0.1) is 0 Å². The number of halogens is 1. The van der Waals surface area contributed by atoms with Gasteiger partial charge < -0.3 is 9.47 Å². The second-order valence-corrected chi connectivity index (χ2v) is 5.63. The summed E-state index contributed by atoms with van der Waals surface area (Å²) in [6, 6.07) is 2.47. The quantitative estimate of drug-likeness (QED) is 0.835. The van der Waals surface area contributed by atoms with E-state index >= 15 is 0 Å². The van der Waals surface area contributed by atoms with Gasteiger partial charge in [0.2, 0.25) is 10.0 Å². The Morgan fingerprint density at radius 1 is 1.44 bits per heavy atom. The van der Waals surface area contributed by atoms with Gasteiger partial charge in [0.15, 0.2) is 0 Å². The molecule has 6 nitrogen and oxygen atoms in total. The fraction of sp³-hybridized carbons (Fsp3) is 0.300. The maximum Gasteiger partial charge on any atom is 0.341 e. The standard InChI is InChI=1S/C10H12BrNO5S/c1-3-17-10(13)6-4-9(18(12,14)15)7(11)5-8(6)16-2/h4-5H,3H2,1-2H3,(H2,12,14,15). The summed E-state index contributed by atoms with van der Waals surface area (Å²) in [7, 11) is -2.58. The molecule has 0 unspecified atom stereocenters. The summed E-state index contributed by atoms with van der Waals surface area (Å²) in [4.78, 5) is 11.5. The first kappa shape index (κ1) is 14.9. The summed E-state index contributed by atoms with van der Waals surface area (Å²) < 4.78 is 32.7. The van der Waals surface area contributed by atoms with Gasteiger partial charge in [-0.1, -0.05) is 0 Å². The Morgan fingerprint density at radius 3 is 2.50 bits per heavy atom. The van der Waals surface area contributed by atoms with Crippen LogP contribution < -0.4 is 9.88 Å². The summed E-state index contributed by atoms with van der Waals surface area (Å²) >= 11 is 3.05. The van der Waals surface area contributed by atoms with Crippen LogP contribution in [0.2, 0.25) is 0 Å². The van der Waals surface area contributed by atoms with Crippen molar-refractivity contribution in [2.75, 3.05) is 13.7 Å². The zero-order valence-electron chi connectivity index (χ0n) is 9.77. The van der Waals surface area contributed by atoms with Gasteiger partial charge in [-0.25, -0.2) is 18.4 Å². The highest BCUT2D eigenvalue weighted by molar-refractivity contribution is 9.10. The van der Waals surface area contributed by atoms with E-state index in [4.69, 9.17) is 14.6 Å². The Bertz CT molecular complexity index is 570. The SMILES string of the molecule is CCOC(=O)c1cc(S(N)(=O)=O)c(Br)cc1OC. The van der Waals surface area contributed by atoms with Crippen LogP contribution in [0.5, 0.6) is 5.75 Å². The summed E-state index contributed by atoms with van der Waals surface area (Å²) in [6.45, 7) is 1.81. The highest BCUT2D eigenvalue weighted by Gasteiger charge is 2.21. The van der Waals surface area contributed by atoms with Gasteiger partial charge in [0.25, 0.3) is 0 Å². The van der Waals surface area contributed by atoms with Crippen LogP contribution in [0.3, 0.4) is 0 Å². The zero-order valence-corrected chi connectivity index (χ0v) is 12.2. The van der Waals surface area contributed by atoms with Crippen molar-refractivity contribution in [2.24, 2.45) is 5.14 Å². The lowest BCUT2D eigenvalue weighted by Crippen LogP contribution is -2.15. The number of esters is 1. The Kier molecular flexibility index (Phi) is 4.71. The normalized spacial score (nSPS) is 11.1. The van der Waals surface area contributed by atoms with Crippen LogP contribution in [0.25, 0.3) is 0 Å². The molecule has 8 heteroatoms. The van der Waals surface area contributed by atoms with Crippen LogP contribution in [0.1, 0.15) is 17.3 Å². The molecule has 0 aliphatic carbocycles. The molecule has 0 aliphatic heterocycles. The molecule has 100 valence electrons. The number of methoxy groups -OCH3 is 1. The maximum absolute atomic E-state index is 11.7. The highest BCUT2D eigenvalue weighted by Crippen LogP contribution is 2.30. The predicted molar refractivity (Wildman–Crippen MR) is 68.0 cm³/mol. The van der Waals surface area contributed by atoms with Gasteiger partial charge in [-0.05, 0) is 35.0 Å². The number of ether oxygens (including phenoxy) is 2. The molecule has 0 aliphatic rings. The van der Waals surface area contributed by atoms with E-state index in [9.17, 15) is 13.2 Å². The second kappa shape index (κ2) is 5.68. The number of benzene rings is 1. The zero-order chi connectivity index (χ0) is 13.9. The molecule has 0 saturated carbocycles. The average Bonchev–Trinajstić information content (AvgIpc) is 2.27. The maximum atomic E-state index is 11.7. The summed E-state index contributed by atoms with van der Waals surface area (Å²) in [5, 5.41) is 5.04. The lowest BCUT2D eigenvalue weighted by Gasteiger charge is -2.11. The monoisotopic (exact) mass is 337 g/mol. The van der Waals surface area contributed by atoms with Gasteiger partial charge in [0.1, 0.15) is 11.3 Å². The van der Waals surface area contributed by atoms with E-state index < -0.39 is 16.0 Å². The van der Waals surface area contributed by atoms with Crippen molar-refractivity contribution >= 4 is 31.9 Å². The minimum Gasteiger partial charge on any atom is -0.496 e. The number of rotatable bonds is 4. The van der Waals surface area contributed by atoms with E-state index in [1.807, 2.05) is 0 Å². The van der Waals surface area contributed by atoms with Crippen LogP contribution in [-0.2, 0) is 14.8 Å². The molecular formula is C10H12BrNO5S. The van der Waals surface area contributed by atoms with Crippen molar-refractivity contribution in [3.63, 3.8) is 0 Å². The van der Waals surface area contributed by atoms with E-state index in [0.29, 0.717) is 0 Å². The molecule has 1 aromatic carbocycles. The van der Waals surface area contributed by atoms with E-state index in [2.05, 4.69) is 15.9 Å².